The van der Waals surface area contributed by atoms with Crippen molar-refractivity contribution < 1.29 is 9.13 Å². The van der Waals surface area contributed by atoms with Crippen molar-refractivity contribution in [1.29, 1.82) is 0 Å². The average Bonchev–Trinajstić information content (AvgIpc) is 2.80. The lowest BCUT2D eigenvalue weighted by molar-refractivity contribution is -0.0767. The lowest BCUT2D eigenvalue weighted by Crippen LogP contribution is -2.42. The number of para-hydroxylation sites is 1. The molecule has 1 aromatic rings. The second-order valence-electron chi connectivity index (χ2n) is 5.55. The number of anilines is 1. The van der Waals surface area contributed by atoms with Gasteiger partial charge in [0.05, 0.1) is 11.3 Å². The summed E-state index contributed by atoms with van der Waals surface area (Å²) in [6.45, 7) is 0.798. The first-order chi connectivity index (χ1) is 8.77. The zero-order valence-corrected chi connectivity index (χ0v) is 10.6. The lowest BCUT2D eigenvalue weighted by atomic mass is 9.89. The summed E-state index contributed by atoms with van der Waals surface area (Å²) in [5.74, 6) is -0.163. The van der Waals surface area contributed by atoms with Crippen LogP contribution in [-0.2, 0) is 4.74 Å². The molecule has 1 atom stereocenters. The van der Waals surface area contributed by atoms with E-state index in [1.54, 1.807) is 6.07 Å². The zero-order chi connectivity index (χ0) is 12.4. The zero-order valence-electron chi connectivity index (χ0n) is 10.6. The van der Waals surface area contributed by atoms with Crippen LogP contribution in [0.2, 0.25) is 0 Å². The first kappa shape index (κ1) is 12.0. The predicted molar refractivity (Wildman–Crippen MR) is 70.2 cm³/mol. The van der Waals surface area contributed by atoms with Crippen LogP contribution in [-0.4, -0.2) is 18.2 Å². The lowest BCUT2D eigenvalue weighted by Gasteiger charge is -2.39. The van der Waals surface area contributed by atoms with E-state index in [1.165, 1.54) is 31.7 Å². The van der Waals surface area contributed by atoms with Gasteiger partial charge in [-0.3, -0.25) is 0 Å². The SMILES string of the molecule is Fc1ccccc1NC1CCOC2(CCCC2)C1. The number of benzene rings is 1. The van der Waals surface area contributed by atoms with Crippen molar-refractivity contribution in [2.75, 3.05) is 11.9 Å². The monoisotopic (exact) mass is 249 g/mol. The molecule has 1 saturated heterocycles. The molecule has 3 heteroatoms. The Morgan fingerprint density at radius 2 is 2.00 bits per heavy atom. The Morgan fingerprint density at radius 3 is 2.78 bits per heavy atom. The fraction of sp³-hybridized carbons (Fsp3) is 0.600. The van der Waals surface area contributed by atoms with Crippen LogP contribution in [0.5, 0.6) is 0 Å². The highest BCUT2D eigenvalue weighted by molar-refractivity contribution is 5.45. The van der Waals surface area contributed by atoms with Gasteiger partial charge in [0.25, 0.3) is 0 Å². The normalized spacial score (nSPS) is 26.4. The van der Waals surface area contributed by atoms with Gasteiger partial charge >= 0.3 is 0 Å². The van der Waals surface area contributed by atoms with E-state index in [4.69, 9.17) is 4.74 Å². The number of nitrogens with one attached hydrogen (secondary N) is 1. The highest BCUT2D eigenvalue weighted by Crippen LogP contribution is 2.40. The molecule has 1 aliphatic heterocycles. The van der Waals surface area contributed by atoms with Crippen LogP contribution in [0.4, 0.5) is 10.1 Å². The molecule has 0 bridgehead atoms. The molecule has 2 aliphatic rings. The Bertz CT molecular complexity index is 415. The van der Waals surface area contributed by atoms with Crippen LogP contribution in [0.3, 0.4) is 0 Å². The van der Waals surface area contributed by atoms with E-state index >= 15 is 0 Å². The maximum Gasteiger partial charge on any atom is 0.146 e. The minimum atomic E-state index is -0.163. The maximum atomic E-state index is 13.6. The summed E-state index contributed by atoms with van der Waals surface area (Å²) in [6, 6.07) is 7.26. The standard InChI is InChI=1S/C15H20FNO/c16-13-5-1-2-6-14(13)17-12-7-10-18-15(11-12)8-3-4-9-15/h1-2,5-6,12,17H,3-4,7-11H2. The van der Waals surface area contributed by atoms with Crippen molar-refractivity contribution in [3.8, 4) is 0 Å². The van der Waals surface area contributed by atoms with Gasteiger partial charge in [0.15, 0.2) is 0 Å². The Morgan fingerprint density at radius 1 is 1.22 bits per heavy atom. The first-order valence-electron chi connectivity index (χ1n) is 6.92. The number of ether oxygens (including phenoxy) is 1. The second-order valence-corrected chi connectivity index (χ2v) is 5.55. The fourth-order valence-corrected chi connectivity index (χ4v) is 3.32. The van der Waals surface area contributed by atoms with Gasteiger partial charge in [-0.15, -0.1) is 0 Å². The molecule has 1 spiro atoms. The molecule has 1 unspecified atom stereocenters. The van der Waals surface area contributed by atoms with Gasteiger partial charge in [0.1, 0.15) is 5.82 Å². The smallest absolute Gasteiger partial charge is 0.146 e. The molecule has 3 rings (SSSR count). The molecule has 2 nitrogen and oxygen atoms in total. The van der Waals surface area contributed by atoms with Gasteiger partial charge in [0.2, 0.25) is 0 Å². The predicted octanol–water partition coefficient (Wildman–Crippen LogP) is 3.73. The van der Waals surface area contributed by atoms with Crippen molar-refractivity contribution in [2.24, 2.45) is 0 Å². The van der Waals surface area contributed by atoms with Crippen LogP contribution in [0.15, 0.2) is 24.3 Å². The summed E-state index contributed by atoms with van der Waals surface area (Å²) < 4.78 is 19.6. The van der Waals surface area contributed by atoms with E-state index in [1.807, 2.05) is 12.1 Å². The van der Waals surface area contributed by atoms with Gasteiger partial charge in [-0.2, -0.15) is 0 Å². The van der Waals surface area contributed by atoms with E-state index in [2.05, 4.69) is 5.32 Å². The topological polar surface area (TPSA) is 21.3 Å². The summed E-state index contributed by atoms with van der Waals surface area (Å²) in [5, 5.41) is 3.35. The molecule has 1 N–H and O–H groups in total. The third kappa shape index (κ3) is 2.37. The third-order valence-electron chi connectivity index (χ3n) is 4.24. The minimum Gasteiger partial charge on any atom is -0.380 e. The molecule has 1 saturated carbocycles. The van der Waals surface area contributed by atoms with Gasteiger partial charge in [-0.25, -0.2) is 4.39 Å². The average molecular weight is 249 g/mol. The van der Waals surface area contributed by atoms with Gasteiger partial charge in [-0.05, 0) is 37.8 Å². The summed E-state index contributed by atoms with van der Waals surface area (Å²) in [5.41, 5.74) is 0.707. The van der Waals surface area contributed by atoms with Crippen LogP contribution in [0, 0.1) is 5.82 Å². The minimum absolute atomic E-state index is 0.0845. The second kappa shape index (κ2) is 4.88. The Hall–Kier alpha value is -1.09. The Balaban J connectivity index is 1.68. The van der Waals surface area contributed by atoms with Crippen molar-refractivity contribution in [1.82, 2.24) is 0 Å². The van der Waals surface area contributed by atoms with Crippen LogP contribution < -0.4 is 5.32 Å². The molecule has 18 heavy (non-hydrogen) atoms. The quantitative estimate of drug-likeness (QED) is 0.862. The first-order valence-corrected chi connectivity index (χ1v) is 6.92. The van der Waals surface area contributed by atoms with Crippen LogP contribution in [0.25, 0.3) is 0 Å². The number of hydrogen-bond donors (Lipinski definition) is 1. The van der Waals surface area contributed by atoms with Crippen LogP contribution >= 0.6 is 0 Å². The fourth-order valence-electron chi connectivity index (χ4n) is 3.32. The molecule has 1 heterocycles. The number of halogens is 1. The van der Waals surface area contributed by atoms with Crippen molar-refractivity contribution in [3.63, 3.8) is 0 Å². The molecule has 1 aromatic carbocycles. The van der Waals surface area contributed by atoms with Gasteiger partial charge < -0.3 is 10.1 Å². The third-order valence-corrected chi connectivity index (χ3v) is 4.24. The van der Waals surface area contributed by atoms with Gasteiger partial charge in [-0.1, -0.05) is 25.0 Å². The molecule has 0 amide bonds. The van der Waals surface area contributed by atoms with Crippen molar-refractivity contribution in [3.05, 3.63) is 30.1 Å². The van der Waals surface area contributed by atoms with E-state index in [9.17, 15) is 4.39 Å². The number of rotatable bonds is 2. The van der Waals surface area contributed by atoms with Crippen LogP contribution in [0.1, 0.15) is 38.5 Å². The maximum absolute atomic E-state index is 13.6. The van der Waals surface area contributed by atoms with Crippen molar-refractivity contribution in [2.45, 2.75) is 50.2 Å². The molecule has 2 fully saturated rings. The molecular weight excluding hydrogens is 229 g/mol. The molecule has 0 aromatic heterocycles. The van der Waals surface area contributed by atoms with Gasteiger partial charge in [0, 0.05) is 12.6 Å². The summed E-state index contributed by atoms with van der Waals surface area (Å²) >= 11 is 0. The summed E-state index contributed by atoms with van der Waals surface area (Å²) in [4.78, 5) is 0. The molecule has 98 valence electrons. The summed E-state index contributed by atoms with van der Waals surface area (Å²) in [7, 11) is 0. The highest BCUT2D eigenvalue weighted by atomic mass is 19.1. The van der Waals surface area contributed by atoms with E-state index < -0.39 is 0 Å². The molecule has 0 radical (unpaired) electrons. The van der Waals surface area contributed by atoms with E-state index in [-0.39, 0.29) is 11.4 Å². The molecular formula is C15H20FNO. The number of hydrogen-bond acceptors (Lipinski definition) is 2. The summed E-state index contributed by atoms with van der Waals surface area (Å²) in [6.07, 6.45) is 6.86. The highest BCUT2D eigenvalue weighted by Gasteiger charge is 2.39. The Kier molecular flexibility index (Phi) is 3.25. The Labute approximate surface area is 108 Å². The van der Waals surface area contributed by atoms with E-state index in [0.717, 1.165) is 19.4 Å². The van der Waals surface area contributed by atoms with E-state index in [0.29, 0.717) is 11.7 Å². The van der Waals surface area contributed by atoms with Crippen molar-refractivity contribution >= 4 is 5.69 Å². The molecule has 1 aliphatic carbocycles. The largest absolute Gasteiger partial charge is 0.380 e.